The molecular weight excluding hydrogens is 436 g/mol. The van der Waals surface area contributed by atoms with E-state index in [1.54, 1.807) is 18.0 Å². The summed E-state index contributed by atoms with van der Waals surface area (Å²) in [6.45, 7) is 0. The Morgan fingerprint density at radius 1 is 0.906 bits per heavy atom. The van der Waals surface area contributed by atoms with Crippen LogP contribution in [0.5, 0.6) is 0 Å². The van der Waals surface area contributed by atoms with Gasteiger partial charge in [-0.05, 0) is 37.0 Å². The molecule has 0 amide bonds. The van der Waals surface area contributed by atoms with Gasteiger partial charge in [-0.2, -0.15) is 0 Å². The molecule has 2 aromatic carbocycles. The molecular formula is C26H25ClN4S. The average Bonchev–Trinajstić information content (AvgIpc) is 2.84. The maximum Gasteiger partial charge on any atom is 0.156 e. The second-order valence-electron chi connectivity index (χ2n) is 8.33. The van der Waals surface area contributed by atoms with Gasteiger partial charge in [0.15, 0.2) is 5.82 Å². The Hall–Kier alpha value is -2.63. The van der Waals surface area contributed by atoms with Crippen LogP contribution in [0.2, 0.25) is 5.02 Å². The lowest BCUT2D eigenvalue weighted by Crippen LogP contribution is -2.09. The number of hydrogen-bond acceptors (Lipinski definition) is 5. The van der Waals surface area contributed by atoms with Crippen molar-refractivity contribution in [3.8, 4) is 22.5 Å². The first kappa shape index (κ1) is 21.2. The van der Waals surface area contributed by atoms with Crippen molar-refractivity contribution in [1.82, 2.24) is 15.0 Å². The van der Waals surface area contributed by atoms with Crippen molar-refractivity contribution in [3.05, 3.63) is 65.8 Å². The van der Waals surface area contributed by atoms with E-state index >= 15 is 0 Å². The van der Waals surface area contributed by atoms with Crippen molar-refractivity contribution < 1.29 is 0 Å². The summed E-state index contributed by atoms with van der Waals surface area (Å²) in [5.74, 6) is 2.25. The molecule has 32 heavy (non-hydrogen) atoms. The molecule has 0 unspecified atom stereocenters. The van der Waals surface area contributed by atoms with Gasteiger partial charge in [0.2, 0.25) is 0 Å². The van der Waals surface area contributed by atoms with Crippen LogP contribution in [0.1, 0.15) is 32.1 Å². The van der Waals surface area contributed by atoms with Gasteiger partial charge in [0, 0.05) is 28.5 Å². The van der Waals surface area contributed by atoms with Crippen LogP contribution in [0.4, 0.5) is 5.82 Å². The van der Waals surface area contributed by atoms with Crippen molar-refractivity contribution in [2.75, 3.05) is 11.5 Å². The van der Waals surface area contributed by atoms with Crippen molar-refractivity contribution in [1.29, 1.82) is 0 Å². The Morgan fingerprint density at radius 3 is 2.50 bits per heavy atom. The summed E-state index contributed by atoms with van der Waals surface area (Å²) in [5, 5.41) is 2.38. The minimum atomic E-state index is 0.488. The van der Waals surface area contributed by atoms with E-state index in [2.05, 4.69) is 11.1 Å². The number of hydrogen-bond donors (Lipinski definition) is 1. The molecule has 2 heterocycles. The van der Waals surface area contributed by atoms with E-state index in [0.29, 0.717) is 10.8 Å². The molecule has 0 radical (unpaired) electrons. The first-order valence-corrected chi connectivity index (χ1v) is 12.5. The lowest BCUT2D eigenvalue weighted by Gasteiger charge is -2.21. The zero-order valence-corrected chi connectivity index (χ0v) is 19.4. The average molecular weight is 461 g/mol. The predicted octanol–water partition coefficient (Wildman–Crippen LogP) is 7.27. The Morgan fingerprint density at radius 2 is 1.69 bits per heavy atom. The maximum absolute atomic E-state index is 6.60. The number of nitrogen functional groups attached to an aromatic ring is 1. The van der Waals surface area contributed by atoms with Crippen molar-refractivity contribution >= 4 is 40.1 Å². The SMILES string of the molecule is Nc1nc(-c2ccccc2)c(-c2cc(Cl)c3ncccc3c2)nc1SCC1CCCCC1. The largest absolute Gasteiger partial charge is 0.381 e. The highest BCUT2D eigenvalue weighted by atomic mass is 35.5. The van der Waals surface area contributed by atoms with Crippen LogP contribution in [0.3, 0.4) is 0 Å². The number of benzene rings is 2. The fraction of sp³-hybridized carbons (Fsp3) is 0.269. The second kappa shape index (κ2) is 9.47. The van der Waals surface area contributed by atoms with Gasteiger partial charge >= 0.3 is 0 Å². The quantitative estimate of drug-likeness (QED) is 0.317. The molecule has 6 heteroatoms. The van der Waals surface area contributed by atoms with Gasteiger partial charge in [-0.3, -0.25) is 4.98 Å². The fourth-order valence-electron chi connectivity index (χ4n) is 4.37. The van der Waals surface area contributed by atoms with Crippen molar-refractivity contribution in [2.24, 2.45) is 5.92 Å². The standard InChI is InChI=1S/C26H25ClN4S/c27-21-15-20(14-19-12-7-13-29-22(19)21)24-23(18-10-5-2-6-11-18)30-25(28)26(31-24)32-16-17-8-3-1-4-9-17/h2,5-7,10-15,17H,1,3-4,8-9,16H2,(H2,28,30). The van der Waals surface area contributed by atoms with Gasteiger partial charge in [0.25, 0.3) is 0 Å². The highest BCUT2D eigenvalue weighted by Gasteiger charge is 2.19. The van der Waals surface area contributed by atoms with Crippen molar-refractivity contribution in [3.63, 3.8) is 0 Å². The first-order chi connectivity index (χ1) is 15.7. The number of rotatable bonds is 5. The molecule has 2 aromatic heterocycles. The van der Waals surface area contributed by atoms with Crippen LogP contribution in [-0.2, 0) is 0 Å². The number of nitrogens with two attached hydrogens (primary N) is 1. The van der Waals surface area contributed by atoms with Gasteiger partial charge in [0.05, 0.1) is 21.9 Å². The van der Waals surface area contributed by atoms with E-state index in [4.69, 9.17) is 27.3 Å². The van der Waals surface area contributed by atoms with Crippen LogP contribution < -0.4 is 5.73 Å². The van der Waals surface area contributed by atoms with Gasteiger partial charge in [-0.1, -0.05) is 67.3 Å². The zero-order chi connectivity index (χ0) is 21.9. The Bertz CT molecular complexity index is 1240. The van der Waals surface area contributed by atoms with Gasteiger partial charge in [-0.25, -0.2) is 9.97 Å². The zero-order valence-electron chi connectivity index (χ0n) is 17.8. The highest BCUT2D eigenvalue weighted by Crippen LogP contribution is 2.38. The fourth-order valence-corrected chi connectivity index (χ4v) is 5.72. The molecule has 0 spiro atoms. The molecule has 1 fully saturated rings. The Labute approximate surface area is 197 Å². The molecule has 0 aliphatic heterocycles. The number of fused-ring (bicyclic) bond motifs is 1. The third kappa shape index (κ3) is 4.45. The maximum atomic E-state index is 6.60. The number of halogens is 1. The molecule has 5 rings (SSSR count). The molecule has 2 N–H and O–H groups in total. The Balaban J connectivity index is 1.60. The number of anilines is 1. The summed E-state index contributed by atoms with van der Waals surface area (Å²) in [6, 6.07) is 18.0. The molecule has 4 aromatic rings. The van der Waals surface area contributed by atoms with Crippen LogP contribution in [0.15, 0.2) is 65.8 Å². The van der Waals surface area contributed by atoms with Gasteiger partial charge in [-0.15, -0.1) is 11.8 Å². The van der Waals surface area contributed by atoms with Gasteiger partial charge < -0.3 is 5.73 Å². The first-order valence-electron chi connectivity index (χ1n) is 11.1. The highest BCUT2D eigenvalue weighted by molar-refractivity contribution is 7.99. The second-order valence-corrected chi connectivity index (χ2v) is 9.74. The minimum absolute atomic E-state index is 0.488. The molecule has 1 aliphatic rings. The van der Waals surface area contributed by atoms with E-state index in [1.165, 1.54) is 32.1 Å². The van der Waals surface area contributed by atoms with Crippen molar-refractivity contribution in [2.45, 2.75) is 37.1 Å². The molecule has 0 bridgehead atoms. The Kier molecular flexibility index (Phi) is 6.28. The van der Waals surface area contributed by atoms with E-state index in [0.717, 1.165) is 50.1 Å². The third-order valence-corrected chi connectivity index (χ3v) is 7.55. The number of thioether (sulfide) groups is 1. The normalized spacial score (nSPS) is 14.7. The number of aromatic nitrogens is 3. The van der Waals surface area contributed by atoms with Crippen LogP contribution in [0, 0.1) is 5.92 Å². The molecule has 0 atom stereocenters. The summed E-state index contributed by atoms with van der Waals surface area (Å²) in [4.78, 5) is 14.3. The van der Waals surface area contributed by atoms with Crippen LogP contribution >= 0.6 is 23.4 Å². The topological polar surface area (TPSA) is 64.7 Å². The van der Waals surface area contributed by atoms with Gasteiger partial charge in [0.1, 0.15) is 5.03 Å². The third-order valence-electron chi connectivity index (χ3n) is 6.05. The number of nitrogens with zero attached hydrogens (tertiary/aromatic N) is 3. The summed E-state index contributed by atoms with van der Waals surface area (Å²) in [6.07, 6.45) is 8.36. The van der Waals surface area contributed by atoms with Crippen LogP contribution in [0.25, 0.3) is 33.4 Å². The minimum Gasteiger partial charge on any atom is -0.381 e. The van der Waals surface area contributed by atoms with Crippen LogP contribution in [-0.4, -0.2) is 20.7 Å². The molecule has 162 valence electrons. The lowest BCUT2D eigenvalue weighted by molar-refractivity contribution is 0.391. The molecule has 4 nitrogen and oxygen atoms in total. The summed E-state index contributed by atoms with van der Waals surface area (Å²) < 4.78 is 0. The summed E-state index contributed by atoms with van der Waals surface area (Å²) >= 11 is 8.33. The van der Waals surface area contributed by atoms with E-state index < -0.39 is 0 Å². The smallest absolute Gasteiger partial charge is 0.156 e. The monoisotopic (exact) mass is 460 g/mol. The van der Waals surface area contributed by atoms with E-state index in [9.17, 15) is 0 Å². The molecule has 0 saturated heterocycles. The molecule has 1 saturated carbocycles. The van der Waals surface area contributed by atoms with E-state index in [-0.39, 0.29) is 0 Å². The molecule has 1 aliphatic carbocycles. The summed E-state index contributed by atoms with van der Waals surface area (Å²) in [5.41, 5.74) is 10.7. The summed E-state index contributed by atoms with van der Waals surface area (Å²) in [7, 11) is 0. The van der Waals surface area contributed by atoms with E-state index in [1.807, 2.05) is 48.5 Å². The number of pyridine rings is 1. The predicted molar refractivity (Wildman–Crippen MR) is 135 cm³/mol. The lowest BCUT2D eigenvalue weighted by atomic mass is 9.91.